The Morgan fingerprint density at radius 1 is 1.19 bits per heavy atom. The van der Waals surface area contributed by atoms with Gasteiger partial charge in [0.05, 0.1) is 17.7 Å². The van der Waals surface area contributed by atoms with Crippen LogP contribution in [0.1, 0.15) is 17.2 Å². The zero-order valence-corrected chi connectivity index (χ0v) is 16.0. The van der Waals surface area contributed by atoms with Crippen molar-refractivity contribution in [2.45, 2.75) is 6.04 Å². The molecule has 1 aliphatic heterocycles. The van der Waals surface area contributed by atoms with Gasteiger partial charge in [0.2, 0.25) is 5.95 Å². The number of hydrogen-bond acceptors (Lipinski definition) is 9. The van der Waals surface area contributed by atoms with Crippen LogP contribution in [0.4, 0.5) is 17.3 Å². The summed E-state index contributed by atoms with van der Waals surface area (Å²) in [7, 11) is 1.56. The first-order valence-electron chi connectivity index (χ1n) is 9.13. The van der Waals surface area contributed by atoms with Crippen LogP contribution in [0.15, 0.2) is 53.3 Å². The monoisotopic (exact) mass is 418 g/mol. The lowest BCUT2D eigenvalue weighted by molar-refractivity contribution is -0.384. The van der Waals surface area contributed by atoms with Gasteiger partial charge in [-0.1, -0.05) is 17.2 Å². The van der Waals surface area contributed by atoms with Crippen LogP contribution in [0, 0.1) is 10.1 Å². The first-order chi connectivity index (χ1) is 15.1. The van der Waals surface area contributed by atoms with Gasteiger partial charge < -0.3 is 10.1 Å². The molecule has 31 heavy (non-hydrogen) atoms. The van der Waals surface area contributed by atoms with Crippen molar-refractivity contribution in [1.29, 1.82) is 0 Å². The van der Waals surface area contributed by atoms with Crippen LogP contribution in [0.25, 0.3) is 11.3 Å². The summed E-state index contributed by atoms with van der Waals surface area (Å²) < 4.78 is 6.83. The van der Waals surface area contributed by atoms with Gasteiger partial charge in [0.15, 0.2) is 0 Å². The highest BCUT2D eigenvalue weighted by atomic mass is 16.6. The van der Waals surface area contributed by atoms with E-state index in [1.54, 1.807) is 31.4 Å². The van der Waals surface area contributed by atoms with Crippen LogP contribution in [-0.4, -0.2) is 42.4 Å². The van der Waals surface area contributed by atoms with Gasteiger partial charge in [-0.15, -0.1) is 0 Å². The number of rotatable bonds is 4. The fourth-order valence-corrected chi connectivity index (χ4v) is 3.61. The summed E-state index contributed by atoms with van der Waals surface area (Å²) in [5.74, 6) is 0.891. The van der Waals surface area contributed by atoms with E-state index < -0.39 is 16.5 Å². The summed E-state index contributed by atoms with van der Waals surface area (Å²) in [5.41, 5.74) is 2.14. The van der Waals surface area contributed by atoms with Crippen LogP contribution in [-0.2, 0) is 0 Å². The second-order valence-corrected chi connectivity index (χ2v) is 6.75. The van der Waals surface area contributed by atoms with Crippen molar-refractivity contribution in [3.63, 3.8) is 0 Å². The Bertz CT molecular complexity index is 1360. The van der Waals surface area contributed by atoms with Crippen LogP contribution >= 0.6 is 0 Å². The number of hydrogen-bond donors (Lipinski definition) is 2. The second kappa shape index (κ2) is 7.02. The average molecular weight is 418 g/mol. The van der Waals surface area contributed by atoms with Crippen LogP contribution in [0.2, 0.25) is 0 Å². The van der Waals surface area contributed by atoms with Crippen molar-refractivity contribution in [2.24, 2.45) is 0 Å². The molecule has 3 heterocycles. The minimum Gasteiger partial charge on any atom is -0.497 e. The molecule has 154 valence electrons. The molecule has 2 aromatic carbocycles. The van der Waals surface area contributed by atoms with E-state index in [2.05, 4.69) is 31.0 Å². The van der Waals surface area contributed by atoms with Crippen LogP contribution in [0.3, 0.4) is 0 Å². The molecule has 12 heteroatoms. The number of nitrogens with one attached hydrogen (secondary N) is 2. The smallest absolute Gasteiger partial charge is 0.288 e. The predicted molar refractivity (Wildman–Crippen MR) is 108 cm³/mol. The predicted octanol–water partition coefficient (Wildman–Crippen LogP) is 2.03. The van der Waals surface area contributed by atoms with Gasteiger partial charge in [-0.2, -0.15) is 9.78 Å². The number of benzene rings is 2. The summed E-state index contributed by atoms with van der Waals surface area (Å²) in [6, 6.07) is 12.6. The number of anilines is 2. The number of methoxy groups -OCH3 is 1. The first-order valence-corrected chi connectivity index (χ1v) is 9.13. The average Bonchev–Trinajstić information content (AvgIpc) is 3.26. The molecular formula is C19H14N8O4. The molecule has 0 saturated carbocycles. The molecule has 0 saturated heterocycles. The molecule has 1 unspecified atom stereocenters. The van der Waals surface area contributed by atoms with Crippen LogP contribution < -0.4 is 15.6 Å². The minimum absolute atomic E-state index is 0.0492. The van der Waals surface area contributed by atoms with E-state index in [4.69, 9.17) is 4.74 Å². The van der Waals surface area contributed by atoms with Crippen molar-refractivity contribution in [3.05, 3.63) is 80.1 Å². The molecular weight excluding hydrogens is 404 g/mol. The lowest BCUT2D eigenvalue weighted by atomic mass is 9.92. The maximum atomic E-state index is 12.7. The summed E-state index contributed by atoms with van der Waals surface area (Å²) in [5, 5.41) is 32.5. The number of tetrazole rings is 1. The molecule has 0 radical (unpaired) electrons. The Labute approximate surface area is 173 Å². The first kappa shape index (κ1) is 18.4. The molecule has 2 N–H and O–H groups in total. The second-order valence-electron chi connectivity index (χ2n) is 6.75. The molecule has 0 fully saturated rings. The molecule has 1 atom stereocenters. The maximum Gasteiger partial charge on any atom is 0.288 e. The third-order valence-corrected chi connectivity index (χ3v) is 5.03. The van der Waals surface area contributed by atoms with E-state index in [1.165, 1.54) is 16.8 Å². The third kappa shape index (κ3) is 2.97. The molecule has 0 bridgehead atoms. The topological polar surface area (TPSA) is 154 Å². The van der Waals surface area contributed by atoms with Crippen molar-refractivity contribution >= 4 is 17.3 Å². The van der Waals surface area contributed by atoms with Gasteiger partial charge in [0.1, 0.15) is 17.5 Å². The Morgan fingerprint density at radius 3 is 2.74 bits per heavy atom. The Balaban J connectivity index is 1.77. The van der Waals surface area contributed by atoms with Gasteiger partial charge in [-0.3, -0.25) is 14.9 Å². The summed E-state index contributed by atoms with van der Waals surface area (Å²) in [4.78, 5) is 23.3. The van der Waals surface area contributed by atoms with E-state index >= 15 is 0 Å². The number of aromatic nitrogens is 6. The molecule has 4 aromatic rings. The zero-order valence-electron chi connectivity index (χ0n) is 16.0. The number of fused-ring (bicyclic) bond motifs is 2. The van der Waals surface area contributed by atoms with E-state index in [0.29, 0.717) is 28.1 Å². The highest BCUT2D eigenvalue weighted by Gasteiger charge is 2.34. The van der Waals surface area contributed by atoms with Crippen molar-refractivity contribution in [2.75, 3.05) is 12.4 Å². The molecule has 5 rings (SSSR count). The number of nitrogens with zero attached hydrogens (tertiary/aromatic N) is 6. The van der Waals surface area contributed by atoms with Crippen molar-refractivity contribution in [3.8, 4) is 17.0 Å². The van der Waals surface area contributed by atoms with Crippen molar-refractivity contribution < 1.29 is 9.66 Å². The number of non-ortho nitro benzene ring substituents is 1. The van der Waals surface area contributed by atoms with Crippen molar-refractivity contribution in [1.82, 2.24) is 30.4 Å². The highest BCUT2D eigenvalue weighted by molar-refractivity contribution is 5.76. The number of nitro benzene ring substituents is 1. The van der Waals surface area contributed by atoms with Gasteiger partial charge in [-0.05, 0) is 40.3 Å². The highest BCUT2D eigenvalue weighted by Crippen LogP contribution is 2.41. The van der Waals surface area contributed by atoms with E-state index in [9.17, 15) is 14.9 Å². The number of ether oxygens (including phenoxy) is 1. The number of H-pyrrole nitrogens is 1. The minimum atomic E-state index is -0.641. The van der Waals surface area contributed by atoms with Gasteiger partial charge >= 0.3 is 0 Å². The molecule has 12 nitrogen and oxygen atoms in total. The maximum absolute atomic E-state index is 12.7. The Kier molecular flexibility index (Phi) is 4.17. The van der Waals surface area contributed by atoms with Gasteiger partial charge in [-0.25, -0.2) is 5.10 Å². The fourth-order valence-electron chi connectivity index (χ4n) is 3.61. The number of nitro groups is 1. The molecule has 0 aliphatic carbocycles. The molecule has 1 aliphatic rings. The Morgan fingerprint density at radius 2 is 2.00 bits per heavy atom. The normalized spacial score (nSPS) is 14.3. The summed E-state index contributed by atoms with van der Waals surface area (Å²) in [6.07, 6.45) is 0. The summed E-state index contributed by atoms with van der Waals surface area (Å²) in [6.45, 7) is 0. The molecule has 2 aromatic heterocycles. The largest absolute Gasteiger partial charge is 0.497 e. The zero-order chi connectivity index (χ0) is 21.5. The van der Waals surface area contributed by atoms with E-state index in [0.717, 1.165) is 0 Å². The lowest BCUT2D eigenvalue weighted by Gasteiger charge is -2.27. The third-order valence-electron chi connectivity index (χ3n) is 5.03. The fraction of sp³-hybridized carbons (Fsp3) is 0.105. The molecule has 0 amide bonds. The SMILES string of the molecule is COc1cccc(-c2n[nH]c(=O)c3c2C(c2ccc([N+](=O)[O-])cc2)n2nnnc2N3)c1. The number of aromatic amines is 1. The summed E-state index contributed by atoms with van der Waals surface area (Å²) >= 11 is 0. The van der Waals surface area contributed by atoms with Gasteiger partial charge in [0.25, 0.3) is 11.2 Å². The van der Waals surface area contributed by atoms with Gasteiger partial charge in [0, 0.05) is 23.3 Å². The lowest BCUT2D eigenvalue weighted by Crippen LogP contribution is -2.29. The van der Waals surface area contributed by atoms with E-state index in [-0.39, 0.29) is 17.3 Å². The quantitative estimate of drug-likeness (QED) is 0.329. The van der Waals surface area contributed by atoms with E-state index in [1.807, 2.05) is 12.1 Å². The standard InChI is InChI=1S/C19H14N8O4/c1-31-13-4-2-3-11(9-13)15-14-16(18(28)22-21-15)20-19-23-24-25-26(19)17(14)10-5-7-12(8-6-10)27(29)30/h2-9,17H,1H3,(H,22,28)(H,20,23,25). The Hall–Kier alpha value is -4.61. The molecule has 0 spiro atoms. The van der Waals surface area contributed by atoms with Crippen LogP contribution in [0.5, 0.6) is 5.75 Å².